The third-order valence-corrected chi connectivity index (χ3v) is 7.57. The van der Waals surface area contributed by atoms with Gasteiger partial charge in [0.1, 0.15) is 5.75 Å². The topological polar surface area (TPSA) is 62.6 Å². The van der Waals surface area contributed by atoms with Crippen LogP contribution in [0.5, 0.6) is 5.75 Å². The molecule has 3 heterocycles. The Bertz CT molecular complexity index is 1270. The molecule has 2 aliphatic rings. The normalized spacial score (nSPS) is 19.9. The first kappa shape index (κ1) is 24.4. The number of aromatic nitrogens is 2. The molecule has 5 rings (SSSR count). The molecule has 7 nitrogen and oxygen atoms in total. The zero-order chi connectivity index (χ0) is 25.6. The van der Waals surface area contributed by atoms with Crippen LogP contribution in [-0.4, -0.2) is 59.4 Å². The van der Waals surface area contributed by atoms with Crippen LogP contribution in [0.1, 0.15) is 48.3 Å². The van der Waals surface area contributed by atoms with Gasteiger partial charge in [-0.3, -0.25) is 14.4 Å². The number of aryl methyl sites for hydroxylation is 2. The standard InChI is InChI=1S/C29H37N5O2/c1-18(2)14-33-16-28-27(33)17-34(28)24-8-7-19(3)26(12-24)29(35)31-20(4)21-9-22(11-25(10-21)36-6)23-13-30-32(5)15-23/h7-13,15,18,20,27-28H,14,16-17H2,1-6H3,(H,31,35)/t20-,27?,28?/m1/s1. The Kier molecular flexibility index (Phi) is 6.51. The molecule has 36 heavy (non-hydrogen) atoms. The van der Waals surface area contributed by atoms with E-state index in [9.17, 15) is 4.79 Å². The summed E-state index contributed by atoms with van der Waals surface area (Å²) in [7, 11) is 3.56. The van der Waals surface area contributed by atoms with Crippen LogP contribution in [0.3, 0.4) is 0 Å². The van der Waals surface area contributed by atoms with Crippen LogP contribution >= 0.6 is 0 Å². The second-order valence-corrected chi connectivity index (χ2v) is 10.7. The fraction of sp³-hybridized carbons (Fsp3) is 0.448. The summed E-state index contributed by atoms with van der Waals surface area (Å²) in [6.07, 6.45) is 3.81. The van der Waals surface area contributed by atoms with Crippen LogP contribution in [-0.2, 0) is 7.05 Å². The summed E-state index contributed by atoms with van der Waals surface area (Å²) in [5, 5.41) is 7.50. The van der Waals surface area contributed by atoms with Gasteiger partial charge in [0.05, 0.1) is 25.4 Å². The number of carbonyl (C=O) groups excluding carboxylic acids is 1. The first-order valence-corrected chi connectivity index (χ1v) is 12.8. The highest BCUT2D eigenvalue weighted by atomic mass is 16.5. The quantitative estimate of drug-likeness (QED) is 0.510. The molecule has 2 fully saturated rings. The fourth-order valence-corrected chi connectivity index (χ4v) is 5.44. The van der Waals surface area contributed by atoms with Crippen molar-refractivity contribution in [1.29, 1.82) is 0 Å². The molecule has 0 aliphatic carbocycles. The van der Waals surface area contributed by atoms with Gasteiger partial charge in [-0.1, -0.05) is 19.9 Å². The number of ether oxygens (including phenoxy) is 1. The van der Waals surface area contributed by atoms with E-state index in [0.717, 1.165) is 52.3 Å². The van der Waals surface area contributed by atoms with Gasteiger partial charge in [0.25, 0.3) is 5.91 Å². The lowest BCUT2D eigenvalue weighted by Gasteiger charge is -2.63. The fourth-order valence-electron chi connectivity index (χ4n) is 5.44. The maximum Gasteiger partial charge on any atom is 0.252 e. The Balaban J connectivity index is 1.30. The maximum absolute atomic E-state index is 13.4. The molecule has 2 saturated heterocycles. The predicted molar refractivity (Wildman–Crippen MR) is 144 cm³/mol. The molecule has 7 heteroatoms. The SMILES string of the molecule is COc1cc(-c2cnn(C)c2)cc([C@@H](C)NC(=O)c2cc(N3CC4C3CN4CC(C)C)ccc2C)c1. The molecular weight excluding hydrogens is 450 g/mol. The summed E-state index contributed by atoms with van der Waals surface area (Å²) < 4.78 is 7.33. The molecule has 2 aliphatic heterocycles. The second kappa shape index (κ2) is 9.62. The number of amides is 1. The molecule has 0 saturated carbocycles. The van der Waals surface area contributed by atoms with E-state index in [1.807, 2.05) is 45.4 Å². The lowest BCUT2D eigenvalue weighted by molar-refractivity contribution is 0.00246. The number of nitrogens with one attached hydrogen (secondary N) is 1. The van der Waals surface area contributed by atoms with Crippen molar-refractivity contribution in [3.8, 4) is 16.9 Å². The molecule has 2 aromatic carbocycles. The number of anilines is 1. The average Bonchev–Trinajstić information content (AvgIpc) is 3.28. The van der Waals surface area contributed by atoms with E-state index in [-0.39, 0.29) is 11.9 Å². The van der Waals surface area contributed by atoms with Crippen molar-refractivity contribution in [1.82, 2.24) is 20.0 Å². The van der Waals surface area contributed by atoms with Gasteiger partial charge >= 0.3 is 0 Å². The lowest BCUT2D eigenvalue weighted by Crippen LogP contribution is -2.79. The molecular formula is C29H37N5O2. The van der Waals surface area contributed by atoms with Crippen molar-refractivity contribution in [2.45, 2.75) is 45.8 Å². The number of fused-ring (bicyclic) bond motifs is 1. The molecule has 190 valence electrons. The van der Waals surface area contributed by atoms with Crippen LogP contribution in [0.2, 0.25) is 0 Å². The van der Waals surface area contributed by atoms with E-state index in [1.165, 1.54) is 6.54 Å². The zero-order valence-corrected chi connectivity index (χ0v) is 22.2. The molecule has 1 aromatic heterocycles. The number of hydrogen-bond donors (Lipinski definition) is 1. The summed E-state index contributed by atoms with van der Waals surface area (Å²) in [6, 6.07) is 13.4. The van der Waals surface area contributed by atoms with Gasteiger partial charge in [-0.25, -0.2) is 0 Å². The van der Waals surface area contributed by atoms with Gasteiger partial charge in [0, 0.05) is 55.7 Å². The molecule has 1 amide bonds. The van der Waals surface area contributed by atoms with E-state index in [4.69, 9.17) is 4.74 Å². The minimum Gasteiger partial charge on any atom is -0.497 e. The number of nitrogens with zero attached hydrogens (tertiary/aromatic N) is 4. The van der Waals surface area contributed by atoms with Gasteiger partial charge in [-0.15, -0.1) is 0 Å². The number of carbonyl (C=O) groups is 1. The van der Waals surface area contributed by atoms with E-state index in [1.54, 1.807) is 11.8 Å². The Hall–Kier alpha value is -3.32. The summed E-state index contributed by atoms with van der Waals surface area (Å²) in [4.78, 5) is 18.4. The Morgan fingerprint density at radius 2 is 1.92 bits per heavy atom. The van der Waals surface area contributed by atoms with E-state index >= 15 is 0 Å². The van der Waals surface area contributed by atoms with Crippen molar-refractivity contribution in [3.63, 3.8) is 0 Å². The highest BCUT2D eigenvalue weighted by Gasteiger charge is 2.51. The largest absolute Gasteiger partial charge is 0.497 e. The summed E-state index contributed by atoms with van der Waals surface area (Å²) in [6.45, 7) is 11.9. The molecule has 3 atom stereocenters. The van der Waals surface area contributed by atoms with E-state index in [0.29, 0.717) is 18.0 Å². The molecule has 0 radical (unpaired) electrons. The molecule has 0 spiro atoms. The van der Waals surface area contributed by atoms with Gasteiger partial charge < -0.3 is 15.0 Å². The monoisotopic (exact) mass is 487 g/mol. The van der Waals surface area contributed by atoms with Crippen LogP contribution in [0.25, 0.3) is 11.1 Å². The Morgan fingerprint density at radius 3 is 2.56 bits per heavy atom. The number of rotatable bonds is 8. The Labute approximate surface area is 214 Å². The first-order valence-electron chi connectivity index (χ1n) is 12.8. The van der Waals surface area contributed by atoms with E-state index in [2.05, 4.69) is 58.3 Å². The van der Waals surface area contributed by atoms with Crippen molar-refractivity contribution < 1.29 is 9.53 Å². The minimum atomic E-state index is -0.185. The number of likely N-dealkylation sites (tertiary alicyclic amines) is 1. The number of hydrogen-bond acceptors (Lipinski definition) is 5. The van der Waals surface area contributed by atoms with Crippen molar-refractivity contribution in [2.75, 3.05) is 31.6 Å². The van der Waals surface area contributed by atoms with Crippen molar-refractivity contribution in [2.24, 2.45) is 13.0 Å². The van der Waals surface area contributed by atoms with Crippen LogP contribution in [0.4, 0.5) is 5.69 Å². The highest BCUT2D eigenvalue weighted by molar-refractivity contribution is 5.97. The third-order valence-electron chi connectivity index (χ3n) is 7.57. The smallest absolute Gasteiger partial charge is 0.252 e. The second-order valence-electron chi connectivity index (χ2n) is 10.7. The average molecular weight is 488 g/mol. The first-order chi connectivity index (χ1) is 17.2. The van der Waals surface area contributed by atoms with Crippen molar-refractivity contribution in [3.05, 3.63) is 65.5 Å². The Morgan fingerprint density at radius 1 is 1.11 bits per heavy atom. The molecule has 1 N–H and O–H groups in total. The van der Waals surface area contributed by atoms with Crippen LogP contribution in [0.15, 0.2) is 48.8 Å². The zero-order valence-electron chi connectivity index (χ0n) is 22.2. The summed E-state index contributed by atoms with van der Waals surface area (Å²) in [5.74, 6) is 1.39. The van der Waals surface area contributed by atoms with E-state index < -0.39 is 0 Å². The van der Waals surface area contributed by atoms with Gasteiger partial charge in [-0.2, -0.15) is 5.10 Å². The molecule has 3 aromatic rings. The number of benzene rings is 2. The summed E-state index contributed by atoms with van der Waals surface area (Å²) in [5.41, 5.74) is 5.87. The van der Waals surface area contributed by atoms with Crippen LogP contribution < -0.4 is 15.0 Å². The lowest BCUT2D eigenvalue weighted by atomic mass is 9.84. The highest BCUT2D eigenvalue weighted by Crippen LogP contribution is 2.38. The van der Waals surface area contributed by atoms with Gasteiger partial charge in [0.15, 0.2) is 0 Å². The molecule has 0 bridgehead atoms. The van der Waals surface area contributed by atoms with Crippen LogP contribution in [0, 0.1) is 12.8 Å². The third kappa shape index (κ3) is 4.60. The number of piperazine rings is 1. The van der Waals surface area contributed by atoms with Crippen molar-refractivity contribution >= 4 is 11.6 Å². The predicted octanol–water partition coefficient (Wildman–Crippen LogP) is 4.42. The number of methoxy groups -OCH3 is 1. The molecule has 2 unspecified atom stereocenters. The van der Waals surface area contributed by atoms with Gasteiger partial charge in [-0.05, 0) is 66.8 Å². The minimum absolute atomic E-state index is 0.0558. The van der Waals surface area contributed by atoms with Gasteiger partial charge in [0.2, 0.25) is 0 Å². The summed E-state index contributed by atoms with van der Waals surface area (Å²) >= 11 is 0. The maximum atomic E-state index is 13.4.